The number of carboxylic acid groups (broad SMARTS) is 1. The first-order valence-corrected chi connectivity index (χ1v) is 6.72. The Bertz CT molecular complexity index is 565. The van der Waals surface area contributed by atoms with Crippen LogP contribution in [0, 0.1) is 22.5 Å². The molecule has 0 aliphatic heterocycles. The van der Waals surface area contributed by atoms with Crippen LogP contribution in [-0.4, -0.2) is 21.5 Å². The standard InChI is InChI=1S/C15H22N2O4/c1-10-11(7-6-8-12(10)17(20)21)9-16-15(4,5)14(2,3)13(18)19/h6-8,16H,9H2,1-5H3,(H,18,19). The molecule has 0 saturated carbocycles. The van der Waals surface area contributed by atoms with E-state index in [-0.39, 0.29) is 5.69 Å². The number of rotatable bonds is 6. The van der Waals surface area contributed by atoms with Gasteiger partial charge in [-0.1, -0.05) is 12.1 Å². The minimum Gasteiger partial charge on any atom is -0.481 e. The fourth-order valence-electron chi connectivity index (χ4n) is 1.86. The van der Waals surface area contributed by atoms with Gasteiger partial charge in [-0.3, -0.25) is 14.9 Å². The third-order valence-corrected chi connectivity index (χ3v) is 4.43. The predicted octanol–water partition coefficient (Wildman–Crippen LogP) is 2.88. The third kappa shape index (κ3) is 3.39. The maximum atomic E-state index is 11.4. The number of nitro benzene ring substituents is 1. The number of nitrogens with one attached hydrogen (secondary N) is 1. The molecule has 0 heterocycles. The molecule has 2 N–H and O–H groups in total. The minimum absolute atomic E-state index is 0.0737. The van der Waals surface area contributed by atoms with E-state index >= 15 is 0 Å². The van der Waals surface area contributed by atoms with Crippen molar-refractivity contribution in [3.63, 3.8) is 0 Å². The summed E-state index contributed by atoms with van der Waals surface area (Å²) in [6.45, 7) is 9.01. The lowest BCUT2D eigenvalue weighted by Crippen LogP contribution is -2.54. The van der Waals surface area contributed by atoms with Crippen LogP contribution >= 0.6 is 0 Å². The van der Waals surface area contributed by atoms with Crippen LogP contribution in [0.4, 0.5) is 5.69 Å². The normalized spacial score (nSPS) is 12.2. The minimum atomic E-state index is -0.971. The van der Waals surface area contributed by atoms with Gasteiger partial charge in [0.15, 0.2) is 0 Å². The van der Waals surface area contributed by atoms with Gasteiger partial charge >= 0.3 is 5.97 Å². The lowest BCUT2D eigenvalue weighted by molar-refractivity contribution is -0.385. The molecule has 0 unspecified atom stereocenters. The molecular weight excluding hydrogens is 272 g/mol. The lowest BCUT2D eigenvalue weighted by atomic mass is 9.74. The molecule has 0 bridgehead atoms. The van der Waals surface area contributed by atoms with Crippen molar-refractivity contribution in [1.29, 1.82) is 0 Å². The molecule has 0 saturated heterocycles. The van der Waals surface area contributed by atoms with E-state index in [9.17, 15) is 20.0 Å². The second-order valence-corrected chi connectivity index (χ2v) is 6.23. The van der Waals surface area contributed by atoms with Crippen molar-refractivity contribution in [2.45, 2.75) is 46.7 Å². The zero-order valence-corrected chi connectivity index (χ0v) is 13.1. The van der Waals surface area contributed by atoms with E-state index in [1.54, 1.807) is 32.9 Å². The Hall–Kier alpha value is -1.95. The average Bonchev–Trinajstić information content (AvgIpc) is 2.36. The Kier molecular flexibility index (Phi) is 4.73. The van der Waals surface area contributed by atoms with Crippen molar-refractivity contribution in [2.24, 2.45) is 5.41 Å². The first-order chi connectivity index (χ1) is 9.50. The van der Waals surface area contributed by atoms with E-state index in [0.717, 1.165) is 5.56 Å². The zero-order valence-electron chi connectivity index (χ0n) is 13.1. The molecule has 21 heavy (non-hydrogen) atoms. The monoisotopic (exact) mass is 294 g/mol. The lowest BCUT2D eigenvalue weighted by Gasteiger charge is -2.39. The quantitative estimate of drug-likeness (QED) is 0.621. The van der Waals surface area contributed by atoms with Crippen LogP contribution in [0.2, 0.25) is 0 Å². The highest BCUT2D eigenvalue weighted by atomic mass is 16.6. The smallest absolute Gasteiger partial charge is 0.310 e. The number of carboxylic acids is 1. The SMILES string of the molecule is Cc1c(CNC(C)(C)C(C)(C)C(=O)O)cccc1[N+](=O)[O-]. The highest BCUT2D eigenvalue weighted by Gasteiger charge is 2.43. The van der Waals surface area contributed by atoms with Gasteiger partial charge in [0.05, 0.1) is 10.3 Å². The van der Waals surface area contributed by atoms with Crippen molar-refractivity contribution in [1.82, 2.24) is 5.32 Å². The first kappa shape index (κ1) is 17.1. The summed E-state index contributed by atoms with van der Waals surface area (Å²) in [4.78, 5) is 21.9. The summed E-state index contributed by atoms with van der Waals surface area (Å²) in [5, 5.41) is 23.4. The number of carbonyl (C=O) groups is 1. The predicted molar refractivity (Wildman–Crippen MR) is 80.2 cm³/mol. The largest absolute Gasteiger partial charge is 0.481 e. The molecule has 1 rings (SSSR count). The van der Waals surface area contributed by atoms with E-state index in [4.69, 9.17) is 0 Å². The maximum Gasteiger partial charge on any atom is 0.310 e. The van der Waals surface area contributed by atoms with Gasteiger partial charge in [-0.05, 0) is 40.2 Å². The second kappa shape index (κ2) is 5.81. The summed E-state index contributed by atoms with van der Waals surface area (Å²) in [6.07, 6.45) is 0. The summed E-state index contributed by atoms with van der Waals surface area (Å²) in [5.74, 6) is -0.893. The summed E-state index contributed by atoms with van der Waals surface area (Å²) in [7, 11) is 0. The number of hydrogen-bond acceptors (Lipinski definition) is 4. The van der Waals surface area contributed by atoms with E-state index in [1.165, 1.54) is 6.07 Å². The van der Waals surface area contributed by atoms with Gasteiger partial charge in [-0.15, -0.1) is 0 Å². The Morgan fingerprint density at radius 1 is 1.33 bits per heavy atom. The Morgan fingerprint density at radius 2 is 1.90 bits per heavy atom. The van der Waals surface area contributed by atoms with Gasteiger partial charge in [0, 0.05) is 23.7 Å². The molecule has 0 aromatic heterocycles. The van der Waals surface area contributed by atoms with Crippen molar-refractivity contribution < 1.29 is 14.8 Å². The highest BCUT2D eigenvalue weighted by Crippen LogP contribution is 2.31. The van der Waals surface area contributed by atoms with Gasteiger partial charge in [-0.2, -0.15) is 0 Å². The van der Waals surface area contributed by atoms with Crippen LogP contribution < -0.4 is 5.32 Å². The Morgan fingerprint density at radius 3 is 2.38 bits per heavy atom. The van der Waals surface area contributed by atoms with Gasteiger partial charge in [0.2, 0.25) is 0 Å². The van der Waals surface area contributed by atoms with E-state index in [1.807, 2.05) is 13.8 Å². The molecule has 6 heteroatoms. The fourth-order valence-corrected chi connectivity index (χ4v) is 1.86. The van der Waals surface area contributed by atoms with Gasteiger partial charge in [0.25, 0.3) is 5.69 Å². The van der Waals surface area contributed by atoms with Crippen LogP contribution in [0.3, 0.4) is 0 Å². The molecule has 6 nitrogen and oxygen atoms in total. The van der Waals surface area contributed by atoms with Crippen LogP contribution in [0.25, 0.3) is 0 Å². The molecule has 0 aliphatic rings. The summed E-state index contributed by atoms with van der Waals surface area (Å²) >= 11 is 0. The maximum absolute atomic E-state index is 11.4. The summed E-state index contributed by atoms with van der Waals surface area (Å²) in [6, 6.07) is 4.90. The van der Waals surface area contributed by atoms with Crippen molar-refractivity contribution >= 4 is 11.7 Å². The number of aliphatic carboxylic acids is 1. The van der Waals surface area contributed by atoms with Crippen LogP contribution in [-0.2, 0) is 11.3 Å². The summed E-state index contributed by atoms with van der Waals surface area (Å²) < 4.78 is 0. The third-order valence-electron chi connectivity index (χ3n) is 4.43. The topological polar surface area (TPSA) is 92.5 Å². The van der Waals surface area contributed by atoms with Crippen LogP contribution in [0.1, 0.15) is 38.8 Å². The Labute approximate surface area is 124 Å². The zero-order chi connectivity index (χ0) is 16.4. The van der Waals surface area contributed by atoms with E-state index in [0.29, 0.717) is 12.1 Å². The van der Waals surface area contributed by atoms with Gasteiger partial charge in [-0.25, -0.2) is 0 Å². The molecule has 1 aromatic rings. The highest BCUT2D eigenvalue weighted by molar-refractivity contribution is 5.75. The van der Waals surface area contributed by atoms with Crippen molar-refractivity contribution in [2.75, 3.05) is 0 Å². The van der Waals surface area contributed by atoms with Gasteiger partial charge < -0.3 is 10.4 Å². The van der Waals surface area contributed by atoms with Crippen LogP contribution in [0.15, 0.2) is 18.2 Å². The Balaban J connectivity index is 2.97. The molecule has 0 aliphatic carbocycles. The fraction of sp³-hybridized carbons (Fsp3) is 0.533. The second-order valence-electron chi connectivity index (χ2n) is 6.23. The number of benzene rings is 1. The average molecular weight is 294 g/mol. The molecule has 0 spiro atoms. The summed E-state index contributed by atoms with van der Waals surface area (Å²) in [5.41, 5.74) is -0.181. The van der Waals surface area contributed by atoms with Crippen molar-refractivity contribution in [3.05, 3.63) is 39.4 Å². The number of nitrogens with zero attached hydrogens (tertiary/aromatic N) is 1. The number of hydrogen-bond donors (Lipinski definition) is 2. The van der Waals surface area contributed by atoms with E-state index < -0.39 is 21.8 Å². The van der Waals surface area contributed by atoms with Crippen LogP contribution in [0.5, 0.6) is 0 Å². The molecule has 0 atom stereocenters. The van der Waals surface area contributed by atoms with Gasteiger partial charge in [0.1, 0.15) is 0 Å². The molecule has 1 aromatic carbocycles. The molecule has 0 radical (unpaired) electrons. The van der Waals surface area contributed by atoms with Crippen molar-refractivity contribution in [3.8, 4) is 0 Å². The van der Waals surface area contributed by atoms with E-state index in [2.05, 4.69) is 5.32 Å². The molecule has 0 amide bonds. The molecule has 0 fully saturated rings. The number of nitro groups is 1. The molecule has 116 valence electrons. The molecular formula is C15H22N2O4. The first-order valence-electron chi connectivity index (χ1n) is 6.72.